The molecule has 182 valence electrons. The summed E-state index contributed by atoms with van der Waals surface area (Å²) in [5, 5.41) is 21.3. The maximum absolute atomic E-state index is 13.2. The van der Waals surface area contributed by atoms with Crippen molar-refractivity contribution in [3.8, 4) is 5.75 Å². The number of hydrogen-bond donors (Lipinski definition) is 3. The molecule has 0 aliphatic carbocycles. The van der Waals surface area contributed by atoms with Crippen molar-refractivity contribution >= 4 is 40.6 Å². The van der Waals surface area contributed by atoms with Crippen molar-refractivity contribution < 1.29 is 14.1 Å². The van der Waals surface area contributed by atoms with Gasteiger partial charge < -0.3 is 15.4 Å². The SMILES string of the molecule is COc1ccc(Nc2nc(N/N=C(/C)c3ccc(F)cc3)nc(Nc3ccc([N+](=O)[O-])cc3)n2)cc1. The smallest absolute Gasteiger partial charge is 0.269 e. The summed E-state index contributed by atoms with van der Waals surface area (Å²) >= 11 is 0. The normalized spacial score (nSPS) is 11.0. The minimum atomic E-state index is -0.479. The van der Waals surface area contributed by atoms with Gasteiger partial charge in [0.2, 0.25) is 17.8 Å². The van der Waals surface area contributed by atoms with Crippen LogP contribution in [-0.2, 0) is 0 Å². The Bertz CT molecular complexity index is 1380. The van der Waals surface area contributed by atoms with E-state index in [-0.39, 0.29) is 29.3 Å². The molecule has 3 aromatic carbocycles. The van der Waals surface area contributed by atoms with E-state index in [1.165, 1.54) is 24.3 Å². The number of nitrogens with zero attached hydrogens (tertiary/aromatic N) is 5. The summed E-state index contributed by atoms with van der Waals surface area (Å²) in [6.07, 6.45) is 0. The molecule has 4 aromatic rings. The van der Waals surface area contributed by atoms with Crippen LogP contribution >= 0.6 is 0 Å². The number of methoxy groups -OCH3 is 1. The number of nitro benzene ring substituents is 1. The maximum atomic E-state index is 13.2. The van der Waals surface area contributed by atoms with Crippen molar-refractivity contribution in [3.63, 3.8) is 0 Å². The third kappa shape index (κ3) is 6.26. The van der Waals surface area contributed by atoms with Crippen LogP contribution in [0, 0.1) is 15.9 Å². The van der Waals surface area contributed by atoms with Crippen LogP contribution in [0.1, 0.15) is 12.5 Å². The Morgan fingerprint density at radius 3 is 1.92 bits per heavy atom. The van der Waals surface area contributed by atoms with Crippen molar-refractivity contribution in [2.45, 2.75) is 6.92 Å². The molecule has 0 saturated heterocycles. The largest absolute Gasteiger partial charge is 0.497 e. The lowest BCUT2D eigenvalue weighted by molar-refractivity contribution is -0.384. The molecule has 1 aromatic heterocycles. The van der Waals surface area contributed by atoms with Gasteiger partial charge in [0.25, 0.3) is 5.69 Å². The average Bonchev–Trinajstić information content (AvgIpc) is 2.88. The molecule has 4 rings (SSSR count). The molecule has 0 spiro atoms. The van der Waals surface area contributed by atoms with E-state index in [1.54, 1.807) is 62.6 Å². The molecular weight excluding hydrogens is 467 g/mol. The molecule has 0 aliphatic heterocycles. The molecule has 0 unspecified atom stereocenters. The highest BCUT2D eigenvalue weighted by Gasteiger charge is 2.10. The fourth-order valence-corrected chi connectivity index (χ4v) is 3.03. The van der Waals surface area contributed by atoms with Gasteiger partial charge in [0.15, 0.2) is 0 Å². The van der Waals surface area contributed by atoms with Crippen LogP contribution in [0.15, 0.2) is 77.9 Å². The molecular formula is C24H21FN8O3. The van der Waals surface area contributed by atoms with Gasteiger partial charge in [-0.05, 0) is 61.0 Å². The van der Waals surface area contributed by atoms with Crippen LogP contribution in [-0.4, -0.2) is 32.7 Å². The first-order valence-electron chi connectivity index (χ1n) is 10.6. The predicted octanol–water partition coefficient (Wildman–Crippen LogP) is 5.25. The van der Waals surface area contributed by atoms with Gasteiger partial charge in [-0.25, -0.2) is 9.82 Å². The van der Waals surface area contributed by atoms with Gasteiger partial charge in [-0.1, -0.05) is 12.1 Å². The molecule has 0 radical (unpaired) electrons. The highest BCUT2D eigenvalue weighted by Crippen LogP contribution is 2.22. The average molecular weight is 488 g/mol. The first kappa shape index (κ1) is 24.0. The Kier molecular flexibility index (Phi) is 7.25. The molecule has 12 heteroatoms. The second-order valence-corrected chi connectivity index (χ2v) is 7.40. The van der Waals surface area contributed by atoms with E-state index >= 15 is 0 Å². The Hall–Kier alpha value is -5.13. The first-order valence-corrected chi connectivity index (χ1v) is 10.6. The second-order valence-electron chi connectivity index (χ2n) is 7.40. The molecule has 0 amide bonds. The Morgan fingerprint density at radius 1 is 0.861 bits per heavy atom. The van der Waals surface area contributed by atoms with Crippen LogP contribution in [0.5, 0.6) is 5.75 Å². The number of ether oxygens (including phenoxy) is 1. The molecule has 0 aliphatic rings. The van der Waals surface area contributed by atoms with Crippen molar-refractivity contribution in [1.29, 1.82) is 0 Å². The Morgan fingerprint density at radius 2 is 1.39 bits per heavy atom. The van der Waals surface area contributed by atoms with E-state index in [1.807, 2.05) is 0 Å². The second kappa shape index (κ2) is 10.9. The number of rotatable bonds is 9. The first-order chi connectivity index (χ1) is 17.4. The van der Waals surface area contributed by atoms with E-state index in [4.69, 9.17) is 4.74 Å². The number of nitrogens with one attached hydrogen (secondary N) is 3. The summed E-state index contributed by atoms with van der Waals surface area (Å²) in [6.45, 7) is 1.76. The number of non-ortho nitro benzene ring substituents is 1. The molecule has 0 fully saturated rings. The summed E-state index contributed by atoms with van der Waals surface area (Å²) < 4.78 is 18.4. The zero-order valence-electron chi connectivity index (χ0n) is 19.3. The molecule has 0 saturated carbocycles. The van der Waals surface area contributed by atoms with Gasteiger partial charge in [-0.15, -0.1) is 0 Å². The van der Waals surface area contributed by atoms with Crippen molar-refractivity contribution in [2.24, 2.45) is 5.10 Å². The van der Waals surface area contributed by atoms with Gasteiger partial charge in [0.1, 0.15) is 11.6 Å². The van der Waals surface area contributed by atoms with Crippen LogP contribution in [0.2, 0.25) is 0 Å². The minimum absolute atomic E-state index is 0.0361. The number of benzene rings is 3. The van der Waals surface area contributed by atoms with E-state index in [2.05, 4.69) is 36.1 Å². The molecule has 0 bridgehead atoms. The summed E-state index contributed by atoms with van der Waals surface area (Å²) in [7, 11) is 1.58. The number of hydrazone groups is 1. The lowest BCUT2D eigenvalue weighted by Gasteiger charge is -2.11. The highest BCUT2D eigenvalue weighted by molar-refractivity contribution is 5.98. The molecule has 36 heavy (non-hydrogen) atoms. The fraction of sp³-hybridized carbons (Fsp3) is 0.0833. The highest BCUT2D eigenvalue weighted by atomic mass is 19.1. The number of hydrogen-bond acceptors (Lipinski definition) is 10. The summed E-state index contributed by atoms with van der Waals surface area (Å²) in [5.74, 6) is 0.883. The predicted molar refractivity (Wildman–Crippen MR) is 135 cm³/mol. The molecule has 11 nitrogen and oxygen atoms in total. The van der Waals surface area contributed by atoms with Gasteiger partial charge >= 0.3 is 0 Å². The topological polar surface area (TPSA) is 139 Å². The van der Waals surface area contributed by atoms with Gasteiger partial charge in [-0.3, -0.25) is 10.1 Å². The number of anilines is 5. The zero-order chi connectivity index (χ0) is 25.5. The van der Waals surface area contributed by atoms with Crippen molar-refractivity contribution in [1.82, 2.24) is 15.0 Å². The van der Waals surface area contributed by atoms with Gasteiger partial charge in [-0.2, -0.15) is 20.1 Å². The molecule has 1 heterocycles. The van der Waals surface area contributed by atoms with Gasteiger partial charge in [0.05, 0.1) is 17.7 Å². The summed E-state index contributed by atoms with van der Waals surface area (Å²) in [4.78, 5) is 23.5. The van der Waals surface area contributed by atoms with Crippen molar-refractivity contribution in [3.05, 3.63) is 94.3 Å². The van der Waals surface area contributed by atoms with Crippen LogP contribution in [0.25, 0.3) is 0 Å². The summed E-state index contributed by atoms with van der Waals surface area (Å²) in [5.41, 5.74) is 5.32. The Balaban J connectivity index is 1.60. The monoisotopic (exact) mass is 488 g/mol. The summed E-state index contributed by atoms with van der Waals surface area (Å²) in [6, 6.07) is 18.9. The third-order valence-corrected chi connectivity index (χ3v) is 4.90. The zero-order valence-corrected chi connectivity index (χ0v) is 19.3. The van der Waals surface area contributed by atoms with Crippen LogP contribution < -0.4 is 20.8 Å². The van der Waals surface area contributed by atoms with E-state index in [9.17, 15) is 14.5 Å². The van der Waals surface area contributed by atoms with E-state index in [0.717, 1.165) is 5.56 Å². The Labute approximate surface area is 205 Å². The number of halogens is 1. The quantitative estimate of drug-likeness (QED) is 0.164. The maximum Gasteiger partial charge on any atom is 0.269 e. The minimum Gasteiger partial charge on any atom is -0.497 e. The molecule has 3 N–H and O–H groups in total. The number of nitro groups is 1. The third-order valence-electron chi connectivity index (χ3n) is 4.90. The van der Waals surface area contributed by atoms with Crippen LogP contribution in [0.4, 0.5) is 39.3 Å². The number of aromatic nitrogens is 3. The molecule has 0 atom stereocenters. The van der Waals surface area contributed by atoms with Crippen LogP contribution in [0.3, 0.4) is 0 Å². The van der Waals surface area contributed by atoms with E-state index in [0.29, 0.717) is 22.8 Å². The fourth-order valence-electron chi connectivity index (χ4n) is 3.03. The van der Waals surface area contributed by atoms with Gasteiger partial charge in [0, 0.05) is 23.5 Å². The lowest BCUT2D eigenvalue weighted by atomic mass is 10.1. The lowest BCUT2D eigenvalue weighted by Crippen LogP contribution is -2.08. The standard InChI is InChI=1S/C24H21FN8O3/c1-15(16-3-5-17(25)6-4-16)31-32-24-29-22(26-18-7-11-20(12-8-18)33(34)35)28-23(30-24)27-19-9-13-21(36-2)14-10-19/h3-14H,1-2H3,(H3,26,27,28,29,30,32)/b31-15-. The van der Waals surface area contributed by atoms with E-state index < -0.39 is 4.92 Å². The van der Waals surface area contributed by atoms with Crippen molar-refractivity contribution in [2.75, 3.05) is 23.2 Å².